The lowest BCUT2D eigenvalue weighted by Crippen LogP contribution is -2.45. The van der Waals surface area contributed by atoms with Crippen LogP contribution in [0, 0.1) is 11.6 Å². The molecule has 1 aliphatic rings. The third-order valence-electron chi connectivity index (χ3n) is 4.89. The van der Waals surface area contributed by atoms with Crippen LogP contribution in [-0.2, 0) is 10.0 Å². The van der Waals surface area contributed by atoms with Crippen molar-refractivity contribution in [1.82, 2.24) is 10.2 Å². The molecule has 0 aliphatic carbocycles. The average Bonchev–Trinajstić information content (AvgIpc) is 2.65. The van der Waals surface area contributed by atoms with Crippen LogP contribution in [-0.4, -0.2) is 52.4 Å². The van der Waals surface area contributed by atoms with Crippen LogP contribution in [0.25, 0.3) is 0 Å². The highest BCUT2D eigenvalue weighted by molar-refractivity contribution is 7.89. The van der Waals surface area contributed by atoms with E-state index in [2.05, 4.69) is 10.1 Å². The highest BCUT2D eigenvalue weighted by atomic mass is 32.2. The Labute approximate surface area is 175 Å². The fourth-order valence-corrected chi connectivity index (χ4v) is 4.34. The van der Waals surface area contributed by atoms with Crippen LogP contribution in [0.1, 0.15) is 17.0 Å². The van der Waals surface area contributed by atoms with Crippen molar-refractivity contribution in [2.45, 2.75) is 17.2 Å². The summed E-state index contributed by atoms with van der Waals surface area (Å²) in [6.07, 6.45) is -5.02. The summed E-state index contributed by atoms with van der Waals surface area (Å²) in [6, 6.07) is 5.35. The minimum absolute atomic E-state index is 0.0717. The smallest absolute Gasteiger partial charge is 0.406 e. The largest absolute Gasteiger partial charge is 0.573 e. The lowest BCUT2D eigenvalue weighted by Gasteiger charge is -2.32. The Morgan fingerprint density at radius 2 is 1.74 bits per heavy atom. The van der Waals surface area contributed by atoms with Gasteiger partial charge in [0.05, 0.1) is 4.90 Å². The van der Waals surface area contributed by atoms with Crippen molar-refractivity contribution in [1.29, 1.82) is 0 Å². The number of halogens is 5. The summed E-state index contributed by atoms with van der Waals surface area (Å²) < 4.78 is 94.6. The van der Waals surface area contributed by atoms with Crippen molar-refractivity contribution in [3.8, 4) is 5.75 Å². The molecule has 2 aromatic carbocycles. The zero-order valence-electron chi connectivity index (χ0n) is 16.1. The van der Waals surface area contributed by atoms with E-state index in [0.29, 0.717) is 32.2 Å². The Morgan fingerprint density at radius 3 is 2.32 bits per heavy atom. The monoisotopic (exact) mass is 465 g/mol. The normalized spacial score (nSPS) is 16.8. The maximum absolute atomic E-state index is 14.7. The molecule has 0 bridgehead atoms. The zero-order chi connectivity index (χ0) is 22.8. The van der Waals surface area contributed by atoms with E-state index in [9.17, 15) is 30.4 Å². The van der Waals surface area contributed by atoms with Crippen LogP contribution in [0.4, 0.5) is 22.0 Å². The molecule has 31 heavy (non-hydrogen) atoms. The van der Waals surface area contributed by atoms with Crippen LogP contribution < -0.4 is 15.2 Å². The lowest BCUT2D eigenvalue weighted by molar-refractivity contribution is -0.274. The van der Waals surface area contributed by atoms with Crippen molar-refractivity contribution >= 4 is 10.0 Å². The number of primary sulfonamides is 1. The number of alkyl halides is 3. The first-order valence-electron chi connectivity index (χ1n) is 9.24. The Bertz CT molecular complexity index is 1040. The molecule has 0 radical (unpaired) electrons. The molecule has 0 saturated carbocycles. The third kappa shape index (κ3) is 6.12. The van der Waals surface area contributed by atoms with Gasteiger partial charge in [-0.25, -0.2) is 22.3 Å². The second-order valence-electron chi connectivity index (χ2n) is 7.06. The molecule has 1 saturated heterocycles. The Kier molecular flexibility index (Phi) is 6.84. The molecular weight excluding hydrogens is 445 g/mol. The summed E-state index contributed by atoms with van der Waals surface area (Å²) in [5.41, 5.74) is -0.248. The van der Waals surface area contributed by atoms with Crippen LogP contribution in [0.2, 0.25) is 0 Å². The number of benzene rings is 2. The maximum Gasteiger partial charge on any atom is 0.573 e. The van der Waals surface area contributed by atoms with E-state index < -0.39 is 44.6 Å². The fraction of sp³-hybridized carbons (Fsp3) is 0.368. The van der Waals surface area contributed by atoms with E-state index in [1.165, 1.54) is 0 Å². The molecule has 2 aromatic rings. The summed E-state index contributed by atoms with van der Waals surface area (Å²) >= 11 is 0. The van der Waals surface area contributed by atoms with Crippen LogP contribution in [0.3, 0.4) is 0 Å². The van der Waals surface area contributed by atoms with Gasteiger partial charge in [-0.1, -0.05) is 6.07 Å². The molecule has 6 nitrogen and oxygen atoms in total. The van der Waals surface area contributed by atoms with Gasteiger partial charge in [0.2, 0.25) is 10.0 Å². The van der Waals surface area contributed by atoms with E-state index in [1.807, 2.05) is 4.90 Å². The fourth-order valence-electron chi connectivity index (χ4n) is 3.56. The summed E-state index contributed by atoms with van der Waals surface area (Å²) in [5.74, 6) is -3.53. The van der Waals surface area contributed by atoms with Crippen molar-refractivity contribution in [2.75, 3.05) is 32.7 Å². The molecule has 12 heteroatoms. The minimum atomic E-state index is -5.02. The molecular formula is C19H20F5N3O3S. The van der Waals surface area contributed by atoms with Gasteiger partial charge in [-0.3, -0.25) is 4.90 Å². The predicted octanol–water partition coefficient (Wildman–Crippen LogP) is 2.55. The van der Waals surface area contributed by atoms with Gasteiger partial charge in [0.1, 0.15) is 17.4 Å². The molecule has 170 valence electrons. The quantitative estimate of drug-likeness (QED) is 0.641. The Balaban J connectivity index is 2.16. The average molecular weight is 465 g/mol. The second kappa shape index (κ2) is 9.07. The molecule has 1 aliphatic heterocycles. The topological polar surface area (TPSA) is 84.7 Å². The SMILES string of the molecule is NS(=O)(=O)c1ccc(OC(F)(F)F)cc1C(CN1CCNCC1)c1ccc(F)cc1F. The zero-order valence-corrected chi connectivity index (χ0v) is 16.9. The van der Waals surface area contributed by atoms with E-state index in [0.717, 1.165) is 30.3 Å². The van der Waals surface area contributed by atoms with E-state index >= 15 is 0 Å². The van der Waals surface area contributed by atoms with Crippen molar-refractivity contribution < 1.29 is 35.1 Å². The molecule has 3 N–H and O–H groups in total. The first kappa shape index (κ1) is 23.4. The van der Waals surface area contributed by atoms with E-state index in [1.54, 1.807) is 0 Å². The van der Waals surface area contributed by atoms with Gasteiger partial charge in [0.25, 0.3) is 0 Å². The van der Waals surface area contributed by atoms with Gasteiger partial charge >= 0.3 is 6.36 Å². The van der Waals surface area contributed by atoms with Gasteiger partial charge in [-0.05, 0) is 35.4 Å². The predicted molar refractivity (Wildman–Crippen MR) is 102 cm³/mol. The molecule has 1 unspecified atom stereocenters. The molecule has 0 spiro atoms. The van der Waals surface area contributed by atoms with Crippen LogP contribution in [0.15, 0.2) is 41.3 Å². The first-order valence-corrected chi connectivity index (χ1v) is 10.8. The van der Waals surface area contributed by atoms with Gasteiger partial charge < -0.3 is 10.1 Å². The van der Waals surface area contributed by atoms with E-state index in [4.69, 9.17) is 5.14 Å². The van der Waals surface area contributed by atoms with E-state index in [-0.39, 0.29) is 17.7 Å². The molecule has 1 fully saturated rings. The van der Waals surface area contributed by atoms with Gasteiger partial charge in [0, 0.05) is 44.7 Å². The first-order chi connectivity index (χ1) is 14.4. The highest BCUT2D eigenvalue weighted by Crippen LogP contribution is 2.36. The summed E-state index contributed by atoms with van der Waals surface area (Å²) in [4.78, 5) is 1.43. The number of piperazine rings is 1. The highest BCUT2D eigenvalue weighted by Gasteiger charge is 2.33. The van der Waals surface area contributed by atoms with Gasteiger partial charge in [-0.2, -0.15) is 0 Å². The number of rotatable bonds is 6. The molecule has 0 amide bonds. The van der Waals surface area contributed by atoms with Crippen LogP contribution >= 0.6 is 0 Å². The number of nitrogens with one attached hydrogen (secondary N) is 1. The lowest BCUT2D eigenvalue weighted by atomic mass is 9.89. The Morgan fingerprint density at radius 1 is 1.06 bits per heavy atom. The number of hydrogen-bond acceptors (Lipinski definition) is 5. The third-order valence-corrected chi connectivity index (χ3v) is 5.87. The molecule has 0 aromatic heterocycles. The molecule has 3 rings (SSSR count). The number of nitrogens with two attached hydrogens (primary N) is 1. The molecule has 1 heterocycles. The molecule has 1 atom stereocenters. The van der Waals surface area contributed by atoms with Crippen LogP contribution in [0.5, 0.6) is 5.75 Å². The van der Waals surface area contributed by atoms with Crippen molar-refractivity contribution in [3.63, 3.8) is 0 Å². The maximum atomic E-state index is 14.7. The van der Waals surface area contributed by atoms with Gasteiger partial charge in [0.15, 0.2) is 0 Å². The minimum Gasteiger partial charge on any atom is -0.406 e. The second-order valence-corrected chi connectivity index (χ2v) is 8.59. The summed E-state index contributed by atoms with van der Waals surface area (Å²) in [5, 5.41) is 8.41. The van der Waals surface area contributed by atoms with Gasteiger partial charge in [-0.15, -0.1) is 13.2 Å². The van der Waals surface area contributed by atoms with Crippen molar-refractivity contribution in [3.05, 3.63) is 59.2 Å². The number of ether oxygens (including phenoxy) is 1. The van der Waals surface area contributed by atoms with Crippen molar-refractivity contribution in [2.24, 2.45) is 5.14 Å². The summed E-state index contributed by atoms with van der Waals surface area (Å²) in [7, 11) is -4.37. The number of hydrogen-bond donors (Lipinski definition) is 2. The standard InChI is InChI=1S/C19H20F5N3O3S/c20-12-1-3-14(17(21)9-12)16(11-27-7-5-26-6-8-27)15-10-13(30-19(22,23)24)2-4-18(15)31(25,28)29/h1-4,9-10,16,26H,5-8,11H2,(H2,25,28,29). The number of nitrogens with zero attached hydrogens (tertiary/aromatic N) is 1. The summed E-state index contributed by atoms with van der Waals surface area (Å²) in [6.45, 7) is 2.41. The Hall–Kier alpha value is -2.28. The number of sulfonamides is 1.